The van der Waals surface area contributed by atoms with Gasteiger partial charge in [-0.05, 0) is 63.8 Å². The van der Waals surface area contributed by atoms with Crippen LogP contribution in [0.2, 0.25) is 0 Å². The van der Waals surface area contributed by atoms with E-state index in [0.29, 0.717) is 38.0 Å². The lowest BCUT2D eigenvalue weighted by molar-refractivity contribution is -0.117. The molecule has 2 amide bonds. The summed E-state index contributed by atoms with van der Waals surface area (Å²) in [6, 6.07) is 14.9. The predicted octanol–water partition coefficient (Wildman–Crippen LogP) is 4.90. The number of rotatable bonds is 15. The highest BCUT2D eigenvalue weighted by atomic mass is 16.3. The van der Waals surface area contributed by atoms with Crippen LogP contribution >= 0.6 is 0 Å². The zero-order chi connectivity index (χ0) is 27.5. The molecule has 2 aromatic carbocycles. The van der Waals surface area contributed by atoms with E-state index < -0.39 is 12.1 Å². The number of aliphatic hydroxyl groups is 1. The number of anilines is 2. The average molecular weight is 523 g/mol. The highest BCUT2D eigenvalue weighted by Gasteiger charge is 2.27. The molecule has 0 radical (unpaired) electrons. The zero-order valence-electron chi connectivity index (χ0n) is 23.6. The number of β-amino-alcohol motifs (C(OH)–C–C–N with tert-alkyl or cyclic N) is 1. The minimum atomic E-state index is -0.777. The Hall–Kier alpha value is -2.90. The number of carbonyl (C=O) groups excluding carboxylic acids is 2. The SMILES string of the molecule is CCCCCC(C)(C)NC[C@@H](O)[C@H](Cc1ccccc1)NC(=O)c1cc(NCC)cc(N2CCCC2=O)c1. The number of hydrogen-bond donors (Lipinski definition) is 4. The fourth-order valence-corrected chi connectivity index (χ4v) is 4.96. The summed E-state index contributed by atoms with van der Waals surface area (Å²) in [5.41, 5.74) is 2.94. The van der Waals surface area contributed by atoms with Gasteiger partial charge in [-0.15, -0.1) is 0 Å². The van der Waals surface area contributed by atoms with Crippen molar-refractivity contribution in [3.8, 4) is 0 Å². The third kappa shape index (κ3) is 8.84. The van der Waals surface area contributed by atoms with Crippen molar-refractivity contribution >= 4 is 23.2 Å². The zero-order valence-corrected chi connectivity index (χ0v) is 23.6. The number of benzene rings is 2. The Morgan fingerprint density at radius 3 is 2.53 bits per heavy atom. The molecule has 0 aromatic heterocycles. The van der Waals surface area contributed by atoms with Crippen LogP contribution in [0.15, 0.2) is 48.5 Å². The highest BCUT2D eigenvalue weighted by molar-refractivity contribution is 6.00. The second-order valence-corrected chi connectivity index (χ2v) is 11.0. The van der Waals surface area contributed by atoms with Crippen molar-refractivity contribution in [2.45, 2.75) is 90.3 Å². The number of nitrogens with zero attached hydrogens (tertiary/aromatic N) is 1. The quantitative estimate of drug-likeness (QED) is 0.250. The van der Waals surface area contributed by atoms with E-state index in [1.807, 2.05) is 49.4 Å². The molecule has 1 saturated heterocycles. The van der Waals surface area contributed by atoms with Gasteiger partial charge in [0.1, 0.15) is 0 Å². The lowest BCUT2D eigenvalue weighted by Gasteiger charge is -2.31. The van der Waals surface area contributed by atoms with Crippen molar-refractivity contribution < 1.29 is 14.7 Å². The van der Waals surface area contributed by atoms with Crippen molar-refractivity contribution in [1.29, 1.82) is 0 Å². The maximum atomic E-state index is 13.6. The first kappa shape index (κ1) is 29.7. The maximum Gasteiger partial charge on any atom is 0.251 e. The molecule has 0 spiro atoms. The van der Waals surface area contributed by atoms with Gasteiger partial charge >= 0.3 is 0 Å². The van der Waals surface area contributed by atoms with Gasteiger partial charge in [-0.3, -0.25) is 9.59 Å². The molecule has 2 atom stereocenters. The molecule has 0 bridgehead atoms. The average Bonchev–Trinajstić information content (AvgIpc) is 3.33. The van der Waals surface area contributed by atoms with E-state index >= 15 is 0 Å². The molecule has 1 fully saturated rings. The van der Waals surface area contributed by atoms with E-state index in [4.69, 9.17) is 0 Å². The number of aliphatic hydroxyl groups excluding tert-OH is 1. The monoisotopic (exact) mass is 522 g/mol. The van der Waals surface area contributed by atoms with E-state index in [1.165, 1.54) is 12.8 Å². The smallest absolute Gasteiger partial charge is 0.251 e. The van der Waals surface area contributed by atoms with Crippen molar-refractivity contribution in [3.63, 3.8) is 0 Å². The van der Waals surface area contributed by atoms with Gasteiger partial charge in [0.15, 0.2) is 0 Å². The number of carbonyl (C=O) groups is 2. The van der Waals surface area contributed by atoms with Gasteiger partial charge in [0.25, 0.3) is 5.91 Å². The molecule has 1 aliphatic heterocycles. The molecule has 1 heterocycles. The van der Waals surface area contributed by atoms with Crippen LogP contribution in [0, 0.1) is 0 Å². The topological polar surface area (TPSA) is 93.7 Å². The molecule has 38 heavy (non-hydrogen) atoms. The number of unbranched alkanes of at least 4 members (excludes halogenated alkanes) is 2. The molecule has 7 nitrogen and oxygen atoms in total. The Balaban J connectivity index is 1.78. The summed E-state index contributed by atoms with van der Waals surface area (Å²) in [6.45, 7) is 10.2. The third-order valence-electron chi connectivity index (χ3n) is 7.22. The van der Waals surface area contributed by atoms with E-state index in [-0.39, 0.29) is 17.4 Å². The third-order valence-corrected chi connectivity index (χ3v) is 7.22. The Morgan fingerprint density at radius 1 is 1.11 bits per heavy atom. The fraction of sp³-hybridized carbons (Fsp3) is 0.548. The Morgan fingerprint density at radius 2 is 1.87 bits per heavy atom. The maximum absolute atomic E-state index is 13.6. The largest absolute Gasteiger partial charge is 0.390 e. The summed E-state index contributed by atoms with van der Waals surface area (Å²) in [5.74, 6) is -0.185. The van der Waals surface area contributed by atoms with E-state index in [0.717, 1.165) is 36.2 Å². The van der Waals surface area contributed by atoms with Gasteiger partial charge in [-0.25, -0.2) is 0 Å². The molecular weight excluding hydrogens is 476 g/mol. The molecular formula is C31H46N4O3. The highest BCUT2D eigenvalue weighted by Crippen LogP contribution is 2.27. The molecule has 208 valence electrons. The number of amides is 2. The van der Waals surface area contributed by atoms with Crippen LogP contribution in [-0.2, 0) is 11.2 Å². The van der Waals surface area contributed by atoms with Gasteiger partial charge in [0.05, 0.1) is 12.1 Å². The predicted molar refractivity (Wildman–Crippen MR) is 156 cm³/mol. The van der Waals surface area contributed by atoms with Gasteiger partial charge in [-0.2, -0.15) is 0 Å². The number of nitrogens with one attached hydrogen (secondary N) is 3. The summed E-state index contributed by atoms with van der Waals surface area (Å²) < 4.78 is 0. The molecule has 7 heteroatoms. The molecule has 2 aromatic rings. The van der Waals surface area contributed by atoms with Gasteiger partial charge in [-0.1, -0.05) is 56.5 Å². The second kappa shape index (κ2) is 14.3. The lowest BCUT2D eigenvalue weighted by Crippen LogP contribution is -2.52. The molecule has 3 rings (SSSR count). The van der Waals surface area contributed by atoms with Crippen LogP contribution in [-0.4, -0.2) is 54.2 Å². The summed E-state index contributed by atoms with van der Waals surface area (Å²) in [6.07, 6.45) is 5.61. The van der Waals surface area contributed by atoms with Crippen LogP contribution < -0.4 is 20.9 Å². The Kier molecular flexibility index (Phi) is 11.2. The lowest BCUT2D eigenvalue weighted by atomic mass is 9.95. The van der Waals surface area contributed by atoms with Crippen LogP contribution in [0.4, 0.5) is 11.4 Å². The summed E-state index contributed by atoms with van der Waals surface area (Å²) in [7, 11) is 0. The van der Waals surface area contributed by atoms with Gasteiger partial charge < -0.3 is 26.0 Å². The minimum Gasteiger partial charge on any atom is -0.390 e. The molecule has 0 aliphatic carbocycles. The molecule has 0 unspecified atom stereocenters. The summed E-state index contributed by atoms with van der Waals surface area (Å²) in [4.78, 5) is 27.7. The molecule has 1 aliphatic rings. The van der Waals surface area contributed by atoms with Crippen molar-refractivity contribution in [2.24, 2.45) is 0 Å². The fourth-order valence-electron chi connectivity index (χ4n) is 4.96. The Labute approximate surface area is 228 Å². The van der Waals surface area contributed by atoms with Crippen molar-refractivity contribution in [2.75, 3.05) is 29.9 Å². The minimum absolute atomic E-state index is 0.0787. The molecule has 0 saturated carbocycles. The first-order valence-electron chi connectivity index (χ1n) is 14.2. The van der Waals surface area contributed by atoms with Crippen LogP contribution in [0.25, 0.3) is 0 Å². The number of hydrogen-bond acceptors (Lipinski definition) is 5. The first-order valence-corrected chi connectivity index (χ1v) is 14.2. The standard InChI is InChI=1S/C31H46N4O3/c1-5-7-11-16-31(3,4)33-22-28(36)27(18-23-13-9-8-10-14-23)34-30(38)24-19-25(32-6-2)21-26(20-24)35-17-12-15-29(35)37/h8-10,13-14,19-21,27-28,32-33,36H,5-7,11-12,15-18,22H2,1-4H3,(H,34,38)/t27-,28+/m0/s1. The second-order valence-electron chi connectivity index (χ2n) is 11.0. The normalized spacial score (nSPS) is 15.4. The molecule has 4 N–H and O–H groups in total. The van der Waals surface area contributed by atoms with E-state index in [1.54, 1.807) is 11.0 Å². The summed E-state index contributed by atoms with van der Waals surface area (Å²) in [5, 5.41) is 21.2. The van der Waals surface area contributed by atoms with Crippen LogP contribution in [0.5, 0.6) is 0 Å². The van der Waals surface area contributed by atoms with Gasteiger partial charge in [0.2, 0.25) is 5.91 Å². The first-order chi connectivity index (χ1) is 18.2. The Bertz CT molecular complexity index is 1040. The van der Waals surface area contributed by atoms with E-state index in [2.05, 4.69) is 36.7 Å². The van der Waals surface area contributed by atoms with E-state index in [9.17, 15) is 14.7 Å². The van der Waals surface area contributed by atoms with Gasteiger partial charge in [0, 0.05) is 48.5 Å². The van der Waals surface area contributed by atoms with Crippen LogP contribution in [0.3, 0.4) is 0 Å². The van der Waals surface area contributed by atoms with Crippen molar-refractivity contribution in [3.05, 3.63) is 59.7 Å². The summed E-state index contributed by atoms with van der Waals surface area (Å²) >= 11 is 0. The van der Waals surface area contributed by atoms with Crippen molar-refractivity contribution in [1.82, 2.24) is 10.6 Å². The van der Waals surface area contributed by atoms with Crippen LogP contribution in [0.1, 0.15) is 82.1 Å².